The highest BCUT2D eigenvalue weighted by Gasteiger charge is 2.54. The quantitative estimate of drug-likeness (QED) is 0.486. The molecule has 124 valence electrons. The van der Waals surface area contributed by atoms with E-state index in [2.05, 4.69) is 6.58 Å². The maximum atomic E-state index is 13.3. The molecule has 4 nitrogen and oxygen atoms in total. The van der Waals surface area contributed by atoms with E-state index in [1.165, 1.54) is 26.2 Å². The first kappa shape index (κ1) is 17.3. The third kappa shape index (κ3) is 3.20. The topological polar surface area (TPSA) is 52.6 Å². The second-order valence-electron chi connectivity index (χ2n) is 5.98. The van der Waals surface area contributed by atoms with E-state index in [4.69, 9.17) is 9.47 Å². The third-order valence-corrected chi connectivity index (χ3v) is 4.46. The highest BCUT2D eigenvalue weighted by Crippen LogP contribution is 2.39. The SMILES string of the molecule is C=C1C(=O)[C@](C)(C(=O)OC)[C@H](CCc2cccc(F)c2)O[C@@H]1C. The van der Waals surface area contributed by atoms with Crippen molar-refractivity contribution in [3.63, 3.8) is 0 Å². The van der Waals surface area contributed by atoms with Gasteiger partial charge in [0, 0.05) is 5.57 Å². The van der Waals surface area contributed by atoms with Crippen molar-refractivity contribution in [3.05, 3.63) is 47.8 Å². The number of benzene rings is 1. The summed E-state index contributed by atoms with van der Waals surface area (Å²) in [5, 5.41) is 0. The first-order valence-corrected chi connectivity index (χ1v) is 7.52. The first-order chi connectivity index (χ1) is 10.8. The van der Waals surface area contributed by atoms with Crippen LogP contribution in [0.2, 0.25) is 0 Å². The van der Waals surface area contributed by atoms with Crippen LogP contribution in [0.15, 0.2) is 36.4 Å². The number of carbonyl (C=O) groups is 2. The molecule has 0 amide bonds. The normalized spacial score (nSPS) is 27.8. The smallest absolute Gasteiger partial charge is 0.322 e. The number of halogens is 1. The number of rotatable bonds is 4. The average Bonchev–Trinajstić information content (AvgIpc) is 2.54. The lowest BCUT2D eigenvalue weighted by molar-refractivity contribution is -0.175. The van der Waals surface area contributed by atoms with Gasteiger partial charge in [-0.1, -0.05) is 18.7 Å². The second kappa shape index (κ2) is 6.62. The monoisotopic (exact) mass is 320 g/mol. The lowest BCUT2D eigenvalue weighted by atomic mass is 9.72. The Labute approximate surface area is 135 Å². The molecule has 23 heavy (non-hydrogen) atoms. The lowest BCUT2D eigenvalue weighted by Crippen LogP contribution is -2.55. The Morgan fingerprint density at radius 3 is 2.78 bits per heavy atom. The highest BCUT2D eigenvalue weighted by molar-refractivity contribution is 6.13. The molecule has 1 fully saturated rings. The molecule has 0 spiro atoms. The molecule has 0 aliphatic carbocycles. The molecular formula is C18H21FO4. The van der Waals surface area contributed by atoms with E-state index in [9.17, 15) is 14.0 Å². The Balaban J connectivity index is 2.24. The zero-order valence-electron chi connectivity index (χ0n) is 13.6. The van der Waals surface area contributed by atoms with Crippen molar-refractivity contribution < 1.29 is 23.5 Å². The number of methoxy groups -OCH3 is 1. The fraction of sp³-hybridized carbons (Fsp3) is 0.444. The number of carbonyl (C=O) groups excluding carboxylic acids is 2. The molecule has 1 aromatic rings. The largest absolute Gasteiger partial charge is 0.468 e. The van der Waals surface area contributed by atoms with Crippen molar-refractivity contribution in [2.45, 2.75) is 38.9 Å². The van der Waals surface area contributed by atoms with Crippen molar-refractivity contribution in [3.8, 4) is 0 Å². The molecule has 5 heteroatoms. The van der Waals surface area contributed by atoms with Crippen LogP contribution in [0, 0.1) is 11.2 Å². The average molecular weight is 320 g/mol. The Bertz CT molecular complexity index is 640. The number of hydrogen-bond donors (Lipinski definition) is 0. The van der Waals surface area contributed by atoms with Gasteiger partial charge in [0.25, 0.3) is 0 Å². The molecular weight excluding hydrogens is 299 g/mol. The van der Waals surface area contributed by atoms with Gasteiger partial charge in [0.2, 0.25) is 0 Å². The minimum absolute atomic E-state index is 0.264. The molecule has 2 rings (SSSR count). The summed E-state index contributed by atoms with van der Waals surface area (Å²) in [5.74, 6) is -1.31. The van der Waals surface area contributed by atoms with Crippen LogP contribution in [0.1, 0.15) is 25.8 Å². The molecule has 1 aliphatic heterocycles. The van der Waals surface area contributed by atoms with Gasteiger partial charge < -0.3 is 9.47 Å². The number of ether oxygens (including phenoxy) is 2. The van der Waals surface area contributed by atoms with Crippen LogP contribution in [-0.2, 0) is 25.5 Å². The summed E-state index contributed by atoms with van der Waals surface area (Å²) in [6.07, 6.45) is -0.219. The van der Waals surface area contributed by atoms with Crippen molar-refractivity contribution >= 4 is 11.8 Å². The molecule has 1 aliphatic rings. The summed E-state index contributed by atoms with van der Waals surface area (Å²) < 4.78 is 23.9. The van der Waals surface area contributed by atoms with Crippen molar-refractivity contribution in [1.29, 1.82) is 0 Å². The molecule has 0 saturated carbocycles. The maximum Gasteiger partial charge on any atom is 0.322 e. The van der Waals surface area contributed by atoms with Gasteiger partial charge in [-0.15, -0.1) is 0 Å². The minimum atomic E-state index is -1.42. The predicted molar refractivity (Wildman–Crippen MR) is 83.3 cm³/mol. The van der Waals surface area contributed by atoms with Gasteiger partial charge in [0.15, 0.2) is 11.2 Å². The molecule has 0 N–H and O–H groups in total. The summed E-state index contributed by atoms with van der Waals surface area (Å²) >= 11 is 0. The van der Waals surface area contributed by atoms with E-state index in [-0.39, 0.29) is 17.2 Å². The van der Waals surface area contributed by atoms with Crippen LogP contribution in [0.5, 0.6) is 0 Å². The summed E-state index contributed by atoms with van der Waals surface area (Å²) in [6, 6.07) is 6.23. The Kier molecular flexibility index (Phi) is 5.00. The zero-order chi connectivity index (χ0) is 17.2. The Morgan fingerprint density at radius 1 is 1.48 bits per heavy atom. The van der Waals surface area contributed by atoms with Crippen molar-refractivity contribution in [1.82, 2.24) is 0 Å². The molecule has 0 bridgehead atoms. The summed E-state index contributed by atoms with van der Waals surface area (Å²) in [6.45, 7) is 6.97. The summed E-state index contributed by atoms with van der Waals surface area (Å²) in [7, 11) is 1.24. The fourth-order valence-electron chi connectivity index (χ4n) is 2.91. The predicted octanol–water partition coefficient (Wildman–Crippen LogP) is 2.85. The lowest BCUT2D eigenvalue weighted by Gasteiger charge is -2.41. The van der Waals surface area contributed by atoms with Gasteiger partial charge in [-0.2, -0.15) is 0 Å². The minimum Gasteiger partial charge on any atom is -0.468 e. The van der Waals surface area contributed by atoms with E-state index in [1.54, 1.807) is 19.1 Å². The van der Waals surface area contributed by atoms with Gasteiger partial charge in [0.05, 0.1) is 19.3 Å². The molecule has 0 unspecified atom stereocenters. The van der Waals surface area contributed by atoms with Gasteiger partial charge in [0.1, 0.15) is 5.82 Å². The number of esters is 1. The Morgan fingerprint density at radius 2 is 2.17 bits per heavy atom. The van der Waals surface area contributed by atoms with Crippen molar-refractivity contribution in [2.75, 3.05) is 7.11 Å². The fourth-order valence-corrected chi connectivity index (χ4v) is 2.91. The highest BCUT2D eigenvalue weighted by atomic mass is 19.1. The number of aryl methyl sites for hydroxylation is 1. The van der Waals surface area contributed by atoms with Crippen molar-refractivity contribution in [2.24, 2.45) is 5.41 Å². The van der Waals surface area contributed by atoms with Crippen LogP contribution >= 0.6 is 0 Å². The number of Topliss-reactive ketones (excluding diaryl/α,β-unsaturated/α-hetero) is 1. The molecule has 1 aromatic carbocycles. The van der Waals surface area contributed by atoms with E-state index in [1.807, 2.05) is 0 Å². The second-order valence-corrected chi connectivity index (χ2v) is 5.98. The number of ketones is 1. The van der Waals surface area contributed by atoms with Gasteiger partial charge >= 0.3 is 5.97 Å². The molecule has 0 aromatic heterocycles. The van der Waals surface area contributed by atoms with Crippen LogP contribution in [-0.4, -0.2) is 31.1 Å². The molecule has 1 saturated heterocycles. The first-order valence-electron chi connectivity index (χ1n) is 7.52. The molecule has 3 atom stereocenters. The van der Waals surface area contributed by atoms with Crippen LogP contribution in [0.4, 0.5) is 4.39 Å². The van der Waals surface area contributed by atoms with E-state index in [0.29, 0.717) is 12.8 Å². The van der Waals surface area contributed by atoms with E-state index >= 15 is 0 Å². The maximum absolute atomic E-state index is 13.3. The summed E-state index contributed by atoms with van der Waals surface area (Å²) in [4.78, 5) is 24.8. The third-order valence-electron chi connectivity index (χ3n) is 4.46. The zero-order valence-corrected chi connectivity index (χ0v) is 13.6. The number of hydrogen-bond acceptors (Lipinski definition) is 4. The molecule has 0 radical (unpaired) electrons. The van der Waals surface area contributed by atoms with Gasteiger partial charge in [-0.25, -0.2) is 4.39 Å². The van der Waals surface area contributed by atoms with Crippen LogP contribution in [0.25, 0.3) is 0 Å². The van der Waals surface area contributed by atoms with Gasteiger partial charge in [-0.3, -0.25) is 9.59 Å². The van der Waals surface area contributed by atoms with Gasteiger partial charge in [-0.05, 0) is 44.4 Å². The Hall–Kier alpha value is -2.01. The standard InChI is InChI=1S/C18H21FO4/c1-11-12(2)23-15(18(3,16(11)20)17(21)22-4)9-8-13-6-5-7-14(19)10-13/h5-7,10,12,15H,1,8-9H2,2-4H3/t12-,15+,18-/m1/s1. The molecule has 1 heterocycles. The van der Waals surface area contributed by atoms with Crippen LogP contribution < -0.4 is 0 Å². The van der Waals surface area contributed by atoms with E-state index < -0.39 is 23.6 Å². The summed E-state index contributed by atoms with van der Waals surface area (Å²) in [5.41, 5.74) is -0.378. The van der Waals surface area contributed by atoms with Crippen LogP contribution in [0.3, 0.4) is 0 Å². The van der Waals surface area contributed by atoms with E-state index in [0.717, 1.165) is 5.56 Å².